The molecule has 0 spiro atoms. The number of hydrogen-bond acceptors (Lipinski definition) is 3. The molecule has 0 amide bonds. The fourth-order valence-corrected chi connectivity index (χ4v) is 2.46. The Kier molecular flexibility index (Phi) is 5.85. The van der Waals surface area contributed by atoms with Crippen molar-refractivity contribution in [3.05, 3.63) is 58.5 Å². The van der Waals surface area contributed by atoms with Gasteiger partial charge in [0.05, 0.1) is 6.54 Å². The molecule has 0 aliphatic heterocycles. The third-order valence-electron chi connectivity index (χ3n) is 3.78. The van der Waals surface area contributed by atoms with Crippen molar-refractivity contribution in [3.8, 4) is 0 Å². The van der Waals surface area contributed by atoms with Crippen LogP contribution in [-0.2, 0) is 19.7 Å². The van der Waals surface area contributed by atoms with Crippen molar-refractivity contribution in [2.45, 2.75) is 46.0 Å². The van der Waals surface area contributed by atoms with E-state index in [0.29, 0.717) is 18.3 Å². The van der Waals surface area contributed by atoms with Gasteiger partial charge in [0.1, 0.15) is 18.1 Å². The largest absolute Gasteiger partial charge is 0.462 e. The first-order valence-electron chi connectivity index (χ1n) is 7.30. The molecule has 1 N–H and O–H groups in total. The number of halogens is 1. The summed E-state index contributed by atoms with van der Waals surface area (Å²) in [6.07, 6.45) is 1.05. The average molecular weight is 308 g/mol. The molecule has 0 fully saturated rings. The van der Waals surface area contributed by atoms with Gasteiger partial charge in [-0.3, -0.25) is 4.90 Å². The maximum atomic E-state index is 9.09. The summed E-state index contributed by atoms with van der Waals surface area (Å²) < 4.78 is 5.60. The van der Waals surface area contributed by atoms with Gasteiger partial charge in [-0.15, -0.1) is 0 Å². The smallest absolute Gasteiger partial charge is 0.129 e. The van der Waals surface area contributed by atoms with Crippen molar-refractivity contribution in [2.24, 2.45) is 0 Å². The molecule has 0 radical (unpaired) electrons. The SMILES string of the molecule is CC[C@H](C)N(Cc1ccc(CO)o1)Cc1ccccc1Cl. The van der Waals surface area contributed by atoms with Gasteiger partial charge in [-0.05, 0) is 37.1 Å². The zero-order chi connectivity index (χ0) is 15.2. The highest BCUT2D eigenvalue weighted by molar-refractivity contribution is 6.31. The number of hydrogen-bond donors (Lipinski definition) is 1. The van der Waals surface area contributed by atoms with Gasteiger partial charge < -0.3 is 9.52 Å². The Bertz CT molecular complexity index is 567. The van der Waals surface area contributed by atoms with Gasteiger partial charge in [-0.1, -0.05) is 36.7 Å². The second kappa shape index (κ2) is 7.64. The van der Waals surface area contributed by atoms with Crippen LogP contribution in [0.1, 0.15) is 37.4 Å². The lowest BCUT2D eigenvalue weighted by atomic mass is 10.1. The molecule has 1 heterocycles. The van der Waals surface area contributed by atoms with Crippen molar-refractivity contribution in [3.63, 3.8) is 0 Å². The summed E-state index contributed by atoms with van der Waals surface area (Å²) in [6.45, 7) is 5.80. The van der Waals surface area contributed by atoms with E-state index in [4.69, 9.17) is 21.1 Å². The minimum atomic E-state index is -0.0617. The van der Waals surface area contributed by atoms with Crippen molar-refractivity contribution in [1.82, 2.24) is 4.90 Å². The van der Waals surface area contributed by atoms with Crippen LogP contribution in [0.2, 0.25) is 5.02 Å². The molecule has 21 heavy (non-hydrogen) atoms. The quantitative estimate of drug-likeness (QED) is 0.832. The van der Waals surface area contributed by atoms with Crippen LogP contribution in [0.3, 0.4) is 0 Å². The number of aliphatic hydroxyl groups is 1. The molecule has 3 nitrogen and oxygen atoms in total. The molecule has 0 saturated carbocycles. The molecule has 114 valence electrons. The Balaban J connectivity index is 2.13. The fraction of sp³-hybridized carbons (Fsp3) is 0.412. The summed E-state index contributed by atoms with van der Waals surface area (Å²) in [4.78, 5) is 2.33. The third-order valence-corrected chi connectivity index (χ3v) is 4.15. The topological polar surface area (TPSA) is 36.6 Å². The minimum absolute atomic E-state index is 0.0617. The van der Waals surface area contributed by atoms with E-state index in [1.807, 2.05) is 30.3 Å². The Morgan fingerprint density at radius 2 is 1.86 bits per heavy atom. The first-order valence-corrected chi connectivity index (χ1v) is 7.67. The summed E-state index contributed by atoms with van der Waals surface area (Å²) in [7, 11) is 0. The van der Waals surface area contributed by atoms with Crippen molar-refractivity contribution < 1.29 is 9.52 Å². The average Bonchev–Trinajstić information content (AvgIpc) is 2.95. The van der Waals surface area contributed by atoms with E-state index in [1.54, 1.807) is 0 Å². The zero-order valence-corrected chi connectivity index (χ0v) is 13.3. The molecule has 0 bridgehead atoms. The number of furan rings is 1. The van der Waals surface area contributed by atoms with Gasteiger partial charge >= 0.3 is 0 Å². The second-order valence-electron chi connectivity index (χ2n) is 5.28. The molecule has 0 aliphatic rings. The Morgan fingerprint density at radius 1 is 1.14 bits per heavy atom. The first-order chi connectivity index (χ1) is 10.1. The van der Waals surface area contributed by atoms with Crippen LogP contribution in [0.15, 0.2) is 40.8 Å². The van der Waals surface area contributed by atoms with Gasteiger partial charge in [-0.25, -0.2) is 0 Å². The molecular weight excluding hydrogens is 286 g/mol. The highest BCUT2D eigenvalue weighted by Crippen LogP contribution is 2.21. The van der Waals surface area contributed by atoms with Crippen LogP contribution >= 0.6 is 11.6 Å². The summed E-state index contributed by atoms with van der Waals surface area (Å²) in [5, 5.41) is 9.88. The Labute approximate surface area is 131 Å². The second-order valence-corrected chi connectivity index (χ2v) is 5.69. The number of nitrogens with zero attached hydrogens (tertiary/aromatic N) is 1. The van der Waals surface area contributed by atoms with Crippen LogP contribution < -0.4 is 0 Å². The van der Waals surface area contributed by atoms with E-state index >= 15 is 0 Å². The molecule has 1 aromatic heterocycles. The molecule has 2 aromatic rings. The highest BCUT2D eigenvalue weighted by atomic mass is 35.5. The number of rotatable bonds is 7. The fourth-order valence-electron chi connectivity index (χ4n) is 2.26. The van der Waals surface area contributed by atoms with E-state index in [1.165, 1.54) is 0 Å². The summed E-state index contributed by atoms with van der Waals surface area (Å²) in [6, 6.07) is 12.1. The Hall–Kier alpha value is -1.29. The zero-order valence-electron chi connectivity index (χ0n) is 12.6. The lowest BCUT2D eigenvalue weighted by Crippen LogP contribution is -2.31. The highest BCUT2D eigenvalue weighted by Gasteiger charge is 2.16. The van der Waals surface area contributed by atoms with Crippen LogP contribution in [0.5, 0.6) is 0 Å². The molecule has 0 aliphatic carbocycles. The molecule has 1 atom stereocenters. The lowest BCUT2D eigenvalue weighted by molar-refractivity contribution is 0.166. The maximum Gasteiger partial charge on any atom is 0.129 e. The van der Waals surface area contributed by atoms with E-state index in [9.17, 15) is 0 Å². The minimum Gasteiger partial charge on any atom is -0.462 e. The van der Waals surface area contributed by atoms with Gasteiger partial charge in [0.15, 0.2) is 0 Å². The van der Waals surface area contributed by atoms with Gasteiger partial charge in [-0.2, -0.15) is 0 Å². The summed E-state index contributed by atoms with van der Waals surface area (Å²) in [5.41, 5.74) is 1.12. The van der Waals surface area contributed by atoms with E-state index in [2.05, 4.69) is 24.8 Å². The van der Waals surface area contributed by atoms with Crippen molar-refractivity contribution in [2.75, 3.05) is 0 Å². The first kappa shape index (κ1) is 16.1. The van der Waals surface area contributed by atoms with Gasteiger partial charge in [0, 0.05) is 17.6 Å². The Morgan fingerprint density at radius 3 is 2.48 bits per heavy atom. The van der Waals surface area contributed by atoms with E-state index < -0.39 is 0 Å². The molecule has 1 aromatic carbocycles. The molecule has 0 saturated heterocycles. The predicted molar refractivity (Wildman–Crippen MR) is 85.1 cm³/mol. The van der Waals surface area contributed by atoms with Gasteiger partial charge in [0.25, 0.3) is 0 Å². The normalized spacial score (nSPS) is 12.8. The summed E-state index contributed by atoms with van der Waals surface area (Å²) in [5.74, 6) is 1.47. The number of benzene rings is 1. The molecule has 0 unspecified atom stereocenters. The van der Waals surface area contributed by atoms with E-state index in [-0.39, 0.29) is 6.61 Å². The monoisotopic (exact) mass is 307 g/mol. The lowest BCUT2D eigenvalue weighted by Gasteiger charge is -2.28. The van der Waals surface area contributed by atoms with Crippen LogP contribution in [-0.4, -0.2) is 16.0 Å². The van der Waals surface area contributed by atoms with Crippen LogP contribution in [0.4, 0.5) is 0 Å². The third kappa shape index (κ3) is 4.34. The molecule has 2 rings (SSSR count). The van der Waals surface area contributed by atoms with Crippen LogP contribution in [0.25, 0.3) is 0 Å². The predicted octanol–water partition coefficient (Wildman–Crippen LogP) is 4.23. The standard InChI is InChI=1S/C17H22ClNO2/c1-3-13(2)19(10-14-6-4-5-7-17(14)18)11-15-8-9-16(12-20)21-15/h4-9,13,20H,3,10-12H2,1-2H3/t13-/m0/s1. The number of aliphatic hydroxyl groups excluding tert-OH is 1. The van der Waals surface area contributed by atoms with Gasteiger partial charge in [0.2, 0.25) is 0 Å². The van der Waals surface area contributed by atoms with Crippen molar-refractivity contribution >= 4 is 11.6 Å². The molecule has 4 heteroatoms. The van der Waals surface area contributed by atoms with Crippen molar-refractivity contribution in [1.29, 1.82) is 0 Å². The molecular formula is C17H22ClNO2. The maximum absolute atomic E-state index is 9.09. The summed E-state index contributed by atoms with van der Waals surface area (Å²) >= 11 is 6.26. The van der Waals surface area contributed by atoms with Crippen LogP contribution in [0, 0.1) is 0 Å². The van der Waals surface area contributed by atoms with E-state index in [0.717, 1.165) is 29.3 Å².